The molecule has 0 aliphatic rings. The quantitative estimate of drug-likeness (QED) is 0.384. The van der Waals surface area contributed by atoms with E-state index in [0.29, 0.717) is 15.2 Å². The molecular weight excluding hydrogens is 453 g/mol. The number of halogens is 3. The number of hydrogen-bond acceptors (Lipinski definition) is 6. The van der Waals surface area contributed by atoms with Gasteiger partial charge in [-0.15, -0.1) is 0 Å². The lowest BCUT2D eigenvalue weighted by atomic mass is 10.2. The molecule has 26 heavy (non-hydrogen) atoms. The molecule has 0 bridgehead atoms. The number of nitrogens with one attached hydrogen (secondary N) is 1. The van der Waals surface area contributed by atoms with Crippen molar-refractivity contribution in [3.8, 4) is 11.5 Å². The Hall–Kier alpha value is -2.36. The molecule has 0 radical (unpaired) electrons. The SMILES string of the molecule is O=C(COc1ccc(Cl)cc1Br)NN=Cc1cc(Cl)cc([N+](=O)[O-])c1O. The van der Waals surface area contributed by atoms with Gasteiger partial charge in [0.05, 0.1) is 15.6 Å². The standard InChI is InChI=1S/C15H10BrCl2N3O5/c16-11-4-9(17)1-2-13(11)26-7-14(22)20-19-6-8-3-10(18)5-12(15(8)23)21(24)25/h1-6,23H,7H2,(H,20,22). The first-order valence-electron chi connectivity index (χ1n) is 6.84. The van der Waals surface area contributed by atoms with E-state index in [1.54, 1.807) is 18.2 Å². The van der Waals surface area contributed by atoms with Gasteiger partial charge in [0.15, 0.2) is 6.61 Å². The fraction of sp³-hybridized carbons (Fsp3) is 0.0667. The average Bonchev–Trinajstić information content (AvgIpc) is 2.56. The van der Waals surface area contributed by atoms with Crippen LogP contribution in [0.25, 0.3) is 0 Å². The van der Waals surface area contributed by atoms with Crippen LogP contribution in [0.2, 0.25) is 10.0 Å². The van der Waals surface area contributed by atoms with Crippen LogP contribution in [0, 0.1) is 10.1 Å². The molecule has 1 amide bonds. The van der Waals surface area contributed by atoms with E-state index in [1.165, 1.54) is 6.07 Å². The third-order valence-corrected chi connectivity index (χ3v) is 4.00. The number of phenolic OH excluding ortho intramolecular Hbond substituents is 1. The molecule has 8 nitrogen and oxygen atoms in total. The van der Waals surface area contributed by atoms with E-state index < -0.39 is 22.3 Å². The second-order valence-corrected chi connectivity index (χ2v) is 6.50. The van der Waals surface area contributed by atoms with Gasteiger partial charge in [0.2, 0.25) is 5.75 Å². The van der Waals surface area contributed by atoms with E-state index in [1.807, 2.05) is 0 Å². The number of carbonyl (C=O) groups excluding carboxylic acids is 1. The van der Waals surface area contributed by atoms with Gasteiger partial charge in [0.25, 0.3) is 5.91 Å². The molecule has 2 aromatic carbocycles. The number of amides is 1. The van der Waals surface area contributed by atoms with Crippen molar-refractivity contribution >= 4 is 56.9 Å². The van der Waals surface area contributed by atoms with Crippen molar-refractivity contribution in [2.24, 2.45) is 5.10 Å². The van der Waals surface area contributed by atoms with Crippen molar-refractivity contribution in [3.05, 3.63) is 60.5 Å². The van der Waals surface area contributed by atoms with Crippen LogP contribution < -0.4 is 10.2 Å². The average molecular weight is 463 g/mol. The monoisotopic (exact) mass is 461 g/mol. The maximum absolute atomic E-state index is 11.7. The highest BCUT2D eigenvalue weighted by atomic mass is 79.9. The van der Waals surface area contributed by atoms with Gasteiger partial charge in [0.1, 0.15) is 5.75 Å². The van der Waals surface area contributed by atoms with Crippen molar-refractivity contribution < 1.29 is 19.6 Å². The van der Waals surface area contributed by atoms with E-state index in [4.69, 9.17) is 27.9 Å². The van der Waals surface area contributed by atoms with Crippen molar-refractivity contribution in [2.45, 2.75) is 0 Å². The highest BCUT2D eigenvalue weighted by Gasteiger charge is 2.17. The first-order chi connectivity index (χ1) is 12.3. The maximum Gasteiger partial charge on any atom is 0.312 e. The summed E-state index contributed by atoms with van der Waals surface area (Å²) < 4.78 is 5.88. The highest BCUT2D eigenvalue weighted by molar-refractivity contribution is 9.10. The summed E-state index contributed by atoms with van der Waals surface area (Å²) in [4.78, 5) is 21.8. The Balaban J connectivity index is 1.98. The molecule has 0 atom stereocenters. The number of carbonyl (C=O) groups is 1. The molecule has 2 aromatic rings. The summed E-state index contributed by atoms with van der Waals surface area (Å²) in [6.07, 6.45) is 1.03. The van der Waals surface area contributed by atoms with Gasteiger partial charge in [0, 0.05) is 21.7 Å². The van der Waals surface area contributed by atoms with Crippen LogP contribution in [0.1, 0.15) is 5.56 Å². The molecule has 2 N–H and O–H groups in total. The van der Waals surface area contributed by atoms with E-state index >= 15 is 0 Å². The summed E-state index contributed by atoms with van der Waals surface area (Å²) in [5.41, 5.74) is 1.58. The number of nitro groups is 1. The first kappa shape index (κ1) is 20.0. The number of phenols is 1. The number of hydrazone groups is 1. The minimum absolute atomic E-state index is 0.0223. The highest BCUT2D eigenvalue weighted by Crippen LogP contribution is 2.32. The molecule has 0 aliphatic carbocycles. The normalized spacial score (nSPS) is 10.7. The van der Waals surface area contributed by atoms with Crippen molar-refractivity contribution in [1.82, 2.24) is 5.43 Å². The molecule has 0 saturated carbocycles. The molecule has 2 rings (SSSR count). The number of nitrogens with zero attached hydrogens (tertiary/aromatic N) is 2. The number of rotatable bonds is 6. The van der Waals surface area contributed by atoms with Crippen LogP contribution in [0.3, 0.4) is 0 Å². The summed E-state index contributed by atoms with van der Waals surface area (Å²) in [6, 6.07) is 7.08. The van der Waals surface area contributed by atoms with Crippen LogP contribution >= 0.6 is 39.1 Å². The van der Waals surface area contributed by atoms with Gasteiger partial charge in [-0.05, 0) is 40.2 Å². The third-order valence-electron chi connectivity index (χ3n) is 2.93. The van der Waals surface area contributed by atoms with E-state index in [2.05, 4.69) is 26.5 Å². The van der Waals surface area contributed by atoms with Crippen molar-refractivity contribution in [2.75, 3.05) is 6.61 Å². The Morgan fingerprint density at radius 3 is 2.73 bits per heavy atom. The summed E-state index contributed by atoms with van der Waals surface area (Å²) in [7, 11) is 0. The molecule has 0 fully saturated rings. The molecule has 0 aromatic heterocycles. The lowest BCUT2D eigenvalue weighted by Crippen LogP contribution is -2.24. The zero-order valence-corrected chi connectivity index (χ0v) is 15.9. The maximum atomic E-state index is 11.7. The fourth-order valence-electron chi connectivity index (χ4n) is 1.78. The molecule has 0 aliphatic heterocycles. The topological polar surface area (TPSA) is 114 Å². The van der Waals surface area contributed by atoms with Crippen molar-refractivity contribution in [1.29, 1.82) is 0 Å². The predicted molar refractivity (Wildman–Crippen MR) is 100 cm³/mol. The molecule has 0 spiro atoms. The number of nitro benzene ring substituents is 1. The van der Waals surface area contributed by atoms with E-state index in [9.17, 15) is 20.0 Å². The smallest absolute Gasteiger partial charge is 0.312 e. The largest absolute Gasteiger partial charge is 0.502 e. The Labute approximate surface area is 165 Å². The first-order valence-corrected chi connectivity index (χ1v) is 8.39. The number of aromatic hydroxyl groups is 1. The Morgan fingerprint density at radius 1 is 1.35 bits per heavy atom. The molecular formula is C15H10BrCl2N3O5. The number of benzene rings is 2. The van der Waals surface area contributed by atoms with Crippen LogP contribution in [0.5, 0.6) is 11.5 Å². The van der Waals surface area contributed by atoms with E-state index in [0.717, 1.165) is 12.3 Å². The molecule has 0 unspecified atom stereocenters. The van der Waals surface area contributed by atoms with Gasteiger partial charge in [-0.3, -0.25) is 14.9 Å². The zero-order valence-electron chi connectivity index (χ0n) is 12.8. The van der Waals surface area contributed by atoms with Gasteiger partial charge in [-0.2, -0.15) is 5.10 Å². The predicted octanol–water partition coefficient (Wildman–Crippen LogP) is 3.90. The lowest BCUT2D eigenvalue weighted by Gasteiger charge is -2.07. The fourth-order valence-corrected chi connectivity index (χ4v) is 2.80. The number of ether oxygens (including phenoxy) is 1. The van der Waals surface area contributed by atoms with Gasteiger partial charge in [-0.1, -0.05) is 23.2 Å². The van der Waals surface area contributed by atoms with Gasteiger partial charge >= 0.3 is 5.69 Å². The van der Waals surface area contributed by atoms with Crippen LogP contribution in [-0.4, -0.2) is 28.8 Å². The summed E-state index contributed by atoms with van der Waals surface area (Å²) in [6.45, 7) is -0.334. The Morgan fingerprint density at radius 2 is 2.08 bits per heavy atom. The van der Waals surface area contributed by atoms with Crippen LogP contribution in [-0.2, 0) is 4.79 Å². The summed E-state index contributed by atoms with van der Waals surface area (Å²) in [5.74, 6) is -0.783. The molecule has 11 heteroatoms. The van der Waals surface area contributed by atoms with Gasteiger partial charge < -0.3 is 9.84 Å². The Bertz CT molecular complexity index is 892. The molecule has 0 saturated heterocycles. The minimum atomic E-state index is -0.783. The summed E-state index contributed by atoms with van der Waals surface area (Å²) in [5, 5.41) is 24.8. The number of hydrogen-bond donors (Lipinski definition) is 2. The third kappa shape index (κ3) is 5.32. The molecule has 0 heterocycles. The summed E-state index contributed by atoms with van der Waals surface area (Å²) >= 11 is 14.8. The Kier molecular flexibility index (Phi) is 6.78. The van der Waals surface area contributed by atoms with Gasteiger partial charge in [-0.25, -0.2) is 5.43 Å². The van der Waals surface area contributed by atoms with Crippen LogP contribution in [0.4, 0.5) is 5.69 Å². The second-order valence-electron chi connectivity index (χ2n) is 4.78. The minimum Gasteiger partial charge on any atom is -0.502 e. The second kappa shape index (κ2) is 8.84. The van der Waals surface area contributed by atoms with E-state index in [-0.39, 0.29) is 17.2 Å². The van der Waals surface area contributed by atoms with Crippen molar-refractivity contribution in [3.63, 3.8) is 0 Å². The lowest BCUT2D eigenvalue weighted by molar-refractivity contribution is -0.385. The van der Waals surface area contributed by atoms with Crippen LogP contribution in [0.15, 0.2) is 39.9 Å². The molecule has 136 valence electrons. The zero-order chi connectivity index (χ0) is 19.3.